The maximum atomic E-state index is 2.46. The highest BCUT2D eigenvalue weighted by Gasteiger charge is 2.22. The summed E-state index contributed by atoms with van der Waals surface area (Å²) in [6.07, 6.45) is 0. The zero-order valence-corrected chi connectivity index (χ0v) is 36.1. The minimum Gasteiger partial charge on any atom is -0.310 e. The molecule has 0 aliphatic carbocycles. The van der Waals surface area contributed by atoms with Crippen molar-refractivity contribution in [3.05, 3.63) is 255 Å². The van der Waals surface area contributed by atoms with Crippen LogP contribution in [-0.2, 0) is 0 Å². The molecule has 0 saturated carbocycles. The summed E-state index contributed by atoms with van der Waals surface area (Å²) in [5, 5.41) is 12.3. The fourth-order valence-corrected chi connectivity index (χ4v) is 10.5. The average molecular weight is 839 g/mol. The van der Waals surface area contributed by atoms with Gasteiger partial charge in [-0.25, -0.2) is 0 Å². The van der Waals surface area contributed by atoms with E-state index in [2.05, 4.69) is 264 Å². The fourth-order valence-electron chi connectivity index (χ4n) is 10.5. The number of hydrogen-bond donors (Lipinski definition) is 0. The molecule has 12 aromatic carbocycles. The van der Waals surface area contributed by atoms with Gasteiger partial charge in [0.15, 0.2) is 0 Å². The van der Waals surface area contributed by atoms with E-state index in [1.807, 2.05) is 0 Å². The van der Waals surface area contributed by atoms with E-state index in [4.69, 9.17) is 0 Å². The molecule has 0 aliphatic heterocycles. The van der Waals surface area contributed by atoms with Crippen molar-refractivity contribution in [2.75, 3.05) is 4.90 Å². The largest absolute Gasteiger partial charge is 0.310 e. The van der Waals surface area contributed by atoms with E-state index in [-0.39, 0.29) is 0 Å². The summed E-state index contributed by atoms with van der Waals surface area (Å²) in [4.78, 5) is 2.46. The second kappa shape index (κ2) is 15.5. The van der Waals surface area contributed by atoms with Crippen LogP contribution in [0.25, 0.3) is 104 Å². The highest BCUT2D eigenvalue weighted by atomic mass is 15.1. The molecule has 0 atom stereocenters. The van der Waals surface area contributed by atoms with Crippen LogP contribution in [0.2, 0.25) is 0 Å². The third kappa shape index (κ3) is 6.18. The predicted molar refractivity (Wildman–Crippen MR) is 282 cm³/mol. The molecule has 1 heterocycles. The molecular weight excluding hydrogens is 797 g/mol. The van der Waals surface area contributed by atoms with Gasteiger partial charge in [0, 0.05) is 33.2 Å². The molecule has 13 rings (SSSR count). The molecule has 13 aromatic rings. The van der Waals surface area contributed by atoms with Crippen molar-refractivity contribution in [3.8, 4) is 39.1 Å². The van der Waals surface area contributed by atoms with Gasteiger partial charge in [-0.3, -0.25) is 0 Å². The molecule has 0 bridgehead atoms. The molecular formula is C64H42N2. The van der Waals surface area contributed by atoms with Crippen molar-refractivity contribution in [3.63, 3.8) is 0 Å². The molecule has 0 radical (unpaired) electrons. The molecule has 308 valence electrons. The molecule has 0 saturated heterocycles. The molecule has 2 nitrogen and oxygen atoms in total. The van der Waals surface area contributed by atoms with Gasteiger partial charge in [-0.2, -0.15) is 0 Å². The monoisotopic (exact) mass is 838 g/mol. The van der Waals surface area contributed by atoms with E-state index < -0.39 is 0 Å². The van der Waals surface area contributed by atoms with Crippen molar-refractivity contribution in [2.24, 2.45) is 0 Å². The maximum absolute atomic E-state index is 2.46. The molecule has 0 amide bonds. The van der Waals surface area contributed by atoms with Crippen LogP contribution in [0.5, 0.6) is 0 Å². The summed E-state index contributed by atoms with van der Waals surface area (Å²) in [6, 6.07) is 93.5. The Balaban J connectivity index is 1.09. The summed E-state index contributed by atoms with van der Waals surface area (Å²) in [5.41, 5.74) is 14.0. The summed E-state index contributed by atoms with van der Waals surface area (Å²) in [6.45, 7) is 0. The Bertz CT molecular complexity index is 3990. The van der Waals surface area contributed by atoms with E-state index >= 15 is 0 Å². The highest BCUT2D eigenvalue weighted by molar-refractivity contribution is 6.22. The van der Waals surface area contributed by atoms with Gasteiger partial charge in [0.1, 0.15) is 0 Å². The minimum absolute atomic E-state index is 1.08. The Hall–Kier alpha value is -8.72. The zero-order chi connectivity index (χ0) is 43.6. The number of rotatable bonds is 7. The fraction of sp³-hybridized carbons (Fsp3) is 0. The first kappa shape index (κ1) is 37.8. The first-order valence-electron chi connectivity index (χ1n) is 22.8. The van der Waals surface area contributed by atoms with Gasteiger partial charge < -0.3 is 9.47 Å². The number of anilines is 3. The number of hydrogen-bond acceptors (Lipinski definition) is 1. The lowest BCUT2D eigenvalue weighted by Crippen LogP contribution is -2.10. The van der Waals surface area contributed by atoms with Crippen molar-refractivity contribution in [2.45, 2.75) is 0 Å². The van der Waals surface area contributed by atoms with Crippen LogP contribution in [0.3, 0.4) is 0 Å². The summed E-state index contributed by atoms with van der Waals surface area (Å²) < 4.78 is 2.44. The van der Waals surface area contributed by atoms with E-state index in [0.717, 1.165) is 17.1 Å². The molecule has 2 heteroatoms. The van der Waals surface area contributed by atoms with Crippen LogP contribution < -0.4 is 4.90 Å². The second-order valence-electron chi connectivity index (χ2n) is 17.3. The topological polar surface area (TPSA) is 8.17 Å². The lowest BCUT2D eigenvalue weighted by molar-refractivity contribution is 1.20. The van der Waals surface area contributed by atoms with Crippen LogP contribution in [0.4, 0.5) is 17.1 Å². The Morgan fingerprint density at radius 3 is 1.55 bits per heavy atom. The first-order chi connectivity index (χ1) is 32.7. The second-order valence-corrected chi connectivity index (χ2v) is 17.3. The molecule has 0 aliphatic rings. The van der Waals surface area contributed by atoms with Crippen molar-refractivity contribution < 1.29 is 0 Å². The number of aromatic nitrogens is 1. The molecule has 0 unspecified atom stereocenters. The molecule has 66 heavy (non-hydrogen) atoms. The van der Waals surface area contributed by atoms with Crippen LogP contribution >= 0.6 is 0 Å². The van der Waals surface area contributed by atoms with Crippen molar-refractivity contribution in [1.29, 1.82) is 0 Å². The maximum Gasteiger partial charge on any atom is 0.0542 e. The number of para-hydroxylation sites is 1. The first-order valence-corrected chi connectivity index (χ1v) is 22.8. The van der Waals surface area contributed by atoms with Crippen LogP contribution in [0.15, 0.2) is 255 Å². The smallest absolute Gasteiger partial charge is 0.0542 e. The molecule has 0 fully saturated rings. The average Bonchev–Trinajstić information content (AvgIpc) is 3.72. The molecule has 0 spiro atoms. The number of benzene rings is 12. The number of fused-ring (bicyclic) bond motifs is 8. The van der Waals surface area contributed by atoms with Crippen LogP contribution in [-0.4, -0.2) is 4.57 Å². The highest BCUT2D eigenvalue weighted by Crippen LogP contribution is 2.48. The van der Waals surface area contributed by atoms with E-state index in [0.29, 0.717) is 0 Å². The van der Waals surface area contributed by atoms with Crippen LogP contribution in [0, 0.1) is 0 Å². The van der Waals surface area contributed by atoms with Gasteiger partial charge in [0.25, 0.3) is 0 Å². The summed E-state index contributed by atoms with van der Waals surface area (Å²) >= 11 is 0. The normalized spacial score (nSPS) is 11.6. The van der Waals surface area contributed by atoms with E-state index in [9.17, 15) is 0 Å². The molecule has 1 aromatic heterocycles. The summed E-state index contributed by atoms with van der Waals surface area (Å²) in [5.74, 6) is 0. The predicted octanol–water partition coefficient (Wildman–Crippen LogP) is 17.9. The van der Waals surface area contributed by atoms with Crippen LogP contribution in [0.1, 0.15) is 0 Å². The van der Waals surface area contributed by atoms with Gasteiger partial charge in [-0.05, 0) is 132 Å². The lowest BCUT2D eigenvalue weighted by atomic mass is 9.85. The number of nitrogens with zero attached hydrogens (tertiary/aromatic N) is 2. The van der Waals surface area contributed by atoms with Gasteiger partial charge in [-0.1, -0.05) is 194 Å². The third-order valence-corrected chi connectivity index (χ3v) is 13.5. The third-order valence-electron chi connectivity index (χ3n) is 13.5. The Morgan fingerprint density at radius 1 is 0.242 bits per heavy atom. The SMILES string of the molecule is c1ccc(-c2c(-c3ccccc3)c3cc(N(c4cccc(-c5ccc6ccccc6c5)c4)c4ccc5c(c4)c4ccccc4n5-c4cccc5ccccc45)ccc3c3ccccc23)cc1. The molecule has 0 N–H and O–H groups in total. The Labute approximate surface area is 383 Å². The summed E-state index contributed by atoms with van der Waals surface area (Å²) in [7, 11) is 0. The minimum atomic E-state index is 1.08. The van der Waals surface area contributed by atoms with E-state index in [1.54, 1.807) is 0 Å². The van der Waals surface area contributed by atoms with Gasteiger partial charge in [-0.15, -0.1) is 0 Å². The Morgan fingerprint density at radius 2 is 0.758 bits per heavy atom. The van der Waals surface area contributed by atoms with Gasteiger partial charge in [0.2, 0.25) is 0 Å². The quantitative estimate of drug-likeness (QED) is 0.145. The van der Waals surface area contributed by atoms with Crippen molar-refractivity contribution >= 4 is 82.0 Å². The van der Waals surface area contributed by atoms with Gasteiger partial charge >= 0.3 is 0 Å². The van der Waals surface area contributed by atoms with Gasteiger partial charge in [0.05, 0.1) is 16.7 Å². The standard InChI is InChI=1S/C64H42N2/c1-3-19-45(20-4-1)63-57-30-12-11-28-54(57)55-37-35-51(42-59(55)64(63)46-21-5-2-6-22-46)65(50-26-15-25-48(40-50)49-34-33-43-17-7-8-23-47(43)39-49)52-36-38-62-58(41-52)56-29-13-14-31-61(56)66(62)60-32-16-24-44-18-9-10-27-53(44)60/h1-42H. The van der Waals surface area contributed by atoms with E-state index in [1.165, 1.54) is 104 Å². The zero-order valence-electron chi connectivity index (χ0n) is 36.1. The van der Waals surface area contributed by atoms with Crippen molar-refractivity contribution in [1.82, 2.24) is 4.57 Å². The Kier molecular flexibility index (Phi) is 8.89. The lowest BCUT2D eigenvalue weighted by Gasteiger charge is -2.27.